The minimum absolute atomic E-state index is 0.111. The highest BCUT2D eigenvalue weighted by Gasteiger charge is 1.94. The maximum atomic E-state index is 9.77. The normalized spacial score (nSPS) is 8.85. The van der Waals surface area contributed by atoms with E-state index in [1.54, 1.807) is 31.4 Å². The van der Waals surface area contributed by atoms with Crippen molar-refractivity contribution < 1.29 is 9.90 Å². The van der Waals surface area contributed by atoms with Gasteiger partial charge in [-0.05, 0) is 26.2 Å². The molecule has 0 radical (unpaired) electrons. The summed E-state index contributed by atoms with van der Waals surface area (Å²) in [6.07, 6.45) is 3.50. The Bertz CT molecular complexity index is 198. The molecule has 1 rings (SSSR count). The van der Waals surface area contributed by atoms with Crippen LogP contribution in [0.3, 0.4) is 0 Å². The minimum atomic E-state index is -0.787. The Morgan fingerprint density at radius 2 is 1.85 bits per heavy atom. The number of aliphatic carboxylic acids is 1. The number of nitrogens with zero attached hydrogens (tertiary/aromatic N) is 2. The standard InChI is InChI=1S/C5H5N.C4H9NO2/c1-2-4-6-5-3-1;1-5(2)3-4(6)7/h1-5H;3H2,1-2H3,(H,6,7). The maximum absolute atomic E-state index is 9.77. The van der Waals surface area contributed by atoms with Crippen LogP contribution in [-0.4, -0.2) is 41.6 Å². The Morgan fingerprint density at radius 1 is 1.31 bits per heavy atom. The van der Waals surface area contributed by atoms with Gasteiger partial charge in [0, 0.05) is 12.4 Å². The van der Waals surface area contributed by atoms with Crippen LogP contribution in [0.1, 0.15) is 0 Å². The SMILES string of the molecule is CN(C)CC(=O)O.c1ccncc1. The van der Waals surface area contributed by atoms with E-state index in [4.69, 9.17) is 5.11 Å². The average Bonchev–Trinajstić information content (AvgIpc) is 2.06. The van der Waals surface area contributed by atoms with Crippen molar-refractivity contribution in [2.75, 3.05) is 20.6 Å². The topological polar surface area (TPSA) is 53.4 Å². The molecule has 0 aliphatic carbocycles. The summed E-state index contributed by atoms with van der Waals surface area (Å²) < 4.78 is 0. The van der Waals surface area contributed by atoms with Crippen molar-refractivity contribution in [1.82, 2.24) is 9.88 Å². The van der Waals surface area contributed by atoms with Crippen molar-refractivity contribution in [3.63, 3.8) is 0 Å². The molecule has 72 valence electrons. The monoisotopic (exact) mass is 182 g/mol. The highest BCUT2D eigenvalue weighted by molar-refractivity contribution is 5.68. The van der Waals surface area contributed by atoms with E-state index in [1.807, 2.05) is 18.2 Å². The minimum Gasteiger partial charge on any atom is -0.480 e. The molecular weight excluding hydrogens is 168 g/mol. The van der Waals surface area contributed by atoms with Gasteiger partial charge in [0.2, 0.25) is 0 Å². The molecule has 0 unspecified atom stereocenters. The molecule has 0 saturated heterocycles. The van der Waals surface area contributed by atoms with Crippen LogP contribution in [0.2, 0.25) is 0 Å². The van der Waals surface area contributed by atoms with Gasteiger partial charge in [-0.2, -0.15) is 0 Å². The number of rotatable bonds is 2. The number of hydrogen-bond acceptors (Lipinski definition) is 3. The first kappa shape index (κ1) is 11.6. The highest BCUT2D eigenvalue weighted by atomic mass is 16.4. The second kappa shape index (κ2) is 7.24. The van der Waals surface area contributed by atoms with Gasteiger partial charge in [0.1, 0.15) is 0 Å². The molecule has 4 heteroatoms. The van der Waals surface area contributed by atoms with Gasteiger partial charge in [-0.3, -0.25) is 14.7 Å². The van der Waals surface area contributed by atoms with Crippen LogP contribution in [0.15, 0.2) is 30.6 Å². The van der Waals surface area contributed by atoms with Gasteiger partial charge in [-0.25, -0.2) is 0 Å². The summed E-state index contributed by atoms with van der Waals surface area (Å²) in [7, 11) is 3.43. The Labute approximate surface area is 77.8 Å². The van der Waals surface area contributed by atoms with Crippen LogP contribution in [0.4, 0.5) is 0 Å². The molecule has 1 heterocycles. The third kappa shape index (κ3) is 10.6. The Balaban J connectivity index is 0.000000223. The largest absolute Gasteiger partial charge is 0.480 e. The molecule has 0 aromatic carbocycles. The first-order valence-electron chi connectivity index (χ1n) is 3.84. The fraction of sp³-hybridized carbons (Fsp3) is 0.333. The van der Waals surface area contributed by atoms with E-state index in [2.05, 4.69) is 4.98 Å². The number of likely N-dealkylation sites (N-methyl/N-ethyl adjacent to an activating group) is 1. The molecule has 13 heavy (non-hydrogen) atoms. The molecule has 0 bridgehead atoms. The fourth-order valence-electron chi connectivity index (χ4n) is 0.583. The maximum Gasteiger partial charge on any atom is 0.317 e. The van der Waals surface area contributed by atoms with Gasteiger partial charge in [-0.1, -0.05) is 6.07 Å². The molecular formula is C9H14N2O2. The van der Waals surface area contributed by atoms with Crippen LogP contribution >= 0.6 is 0 Å². The predicted molar refractivity (Wildman–Crippen MR) is 50.4 cm³/mol. The van der Waals surface area contributed by atoms with E-state index >= 15 is 0 Å². The second-order valence-electron chi connectivity index (χ2n) is 2.66. The van der Waals surface area contributed by atoms with E-state index in [1.165, 1.54) is 0 Å². The summed E-state index contributed by atoms with van der Waals surface area (Å²) in [4.78, 5) is 15.2. The third-order valence-corrected chi connectivity index (χ3v) is 1.02. The molecule has 4 nitrogen and oxygen atoms in total. The van der Waals surface area contributed by atoms with Gasteiger partial charge in [0.05, 0.1) is 6.54 Å². The lowest BCUT2D eigenvalue weighted by atomic mass is 10.5. The number of carboxylic acid groups (broad SMARTS) is 1. The zero-order valence-electron chi connectivity index (χ0n) is 7.84. The third-order valence-electron chi connectivity index (χ3n) is 1.02. The van der Waals surface area contributed by atoms with Gasteiger partial charge >= 0.3 is 5.97 Å². The lowest BCUT2D eigenvalue weighted by Crippen LogP contribution is -2.20. The first-order chi connectivity index (χ1) is 6.13. The molecule has 0 amide bonds. The van der Waals surface area contributed by atoms with Gasteiger partial charge in [0.25, 0.3) is 0 Å². The number of carbonyl (C=O) groups is 1. The Kier molecular flexibility index (Phi) is 6.45. The van der Waals surface area contributed by atoms with Crippen molar-refractivity contribution in [2.45, 2.75) is 0 Å². The average molecular weight is 182 g/mol. The second-order valence-corrected chi connectivity index (χ2v) is 2.66. The smallest absolute Gasteiger partial charge is 0.317 e. The van der Waals surface area contributed by atoms with E-state index in [9.17, 15) is 4.79 Å². The van der Waals surface area contributed by atoms with E-state index in [-0.39, 0.29) is 6.54 Å². The molecule has 0 aliphatic rings. The Morgan fingerprint density at radius 3 is 1.92 bits per heavy atom. The van der Waals surface area contributed by atoms with Gasteiger partial charge < -0.3 is 5.11 Å². The molecule has 0 saturated carbocycles. The summed E-state index contributed by atoms with van der Waals surface area (Å²) in [6.45, 7) is 0.111. The van der Waals surface area contributed by atoms with E-state index < -0.39 is 5.97 Å². The van der Waals surface area contributed by atoms with Crippen molar-refractivity contribution in [2.24, 2.45) is 0 Å². The zero-order valence-corrected chi connectivity index (χ0v) is 7.84. The van der Waals surface area contributed by atoms with Crippen LogP contribution in [-0.2, 0) is 4.79 Å². The Hall–Kier alpha value is -1.42. The van der Waals surface area contributed by atoms with Crippen molar-refractivity contribution in [1.29, 1.82) is 0 Å². The summed E-state index contributed by atoms with van der Waals surface area (Å²) in [5.41, 5.74) is 0. The summed E-state index contributed by atoms with van der Waals surface area (Å²) in [5, 5.41) is 8.04. The summed E-state index contributed by atoms with van der Waals surface area (Å²) >= 11 is 0. The molecule has 1 aromatic rings. The van der Waals surface area contributed by atoms with Crippen molar-refractivity contribution in [3.05, 3.63) is 30.6 Å². The van der Waals surface area contributed by atoms with Gasteiger partial charge in [-0.15, -0.1) is 0 Å². The van der Waals surface area contributed by atoms with Crippen LogP contribution in [0.5, 0.6) is 0 Å². The number of aromatic nitrogens is 1. The first-order valence-corrected chi connectivity index (χ1v) is 3.84. The molecule has 1 N–H and O–H groups in total. The van der Waals surface area contributed by atoms with Crippen molar-refractivity contribution >= 4 is 5.97 Å². The lowest BCUT2D eigenvalue weighted by molar-refractivity contribution is -0.137. The number of hydrogen-bond donors (Lipinski definition) is 1. The molecule has 0 aliphatic heterocycles. The molecule has 0 fully saturated rings. The van der Waals surface area contributed by atoms with Crippen LogP contribution in [0, 0.1) is 0 Å². The van der Waals surface area contributed by atoms with Crippen LogP contribution < -0.4 is 0 Å². The van der Waals surface area contributed by atoms with Crippen molar-refractivity contribution in [3.8, 4) is 0 Å². The molecule has 0 atom stereocenters. The molecule has 1 aromatic heterocycles. The van der Waals surface area contributed by atoms with E-state index in [0.29, 0.717) is 0 Å². The van der Waals surface area contributed by atoms with Crippen LogP contribution in [0.25, 0.3) is 0 Å². The van der Waals surface area contributed by atoms with Gasteiger partial charge in [0.15, 0.2) is 0 Å². The fourth-order valence-corrected chi connectivity index (χ4v) is 0.583. The predicted octanol–water partition coefficient (Wildman–Crippen LogP) is 0.714. The quantitative estimate of drug-likeness (QED) is 0.732. The number of pyridine rings is 1. The highest BCUT2D eigenvalue weighted by Crippen LogP contribution is 1.73. The molecule has 0 spiro atoms. The zero-order chi connectivity index (χ0) is 10.1. The number of carboxylic acids is 1. The summed E-state index contributed by atoms with van der Waals surface area (Å²) in [6, 6.07) is 5.72. The van der Waals surface area contributed by atoms with E-state index in [0.717, 1.165) is 0 Å². The summed E-state index contributed by atoms with van der Waals surface area (Å²) in [5.74, 6) is -0.787. The lowest BCUT2D eigenvalue weighted by Gasteiger charge is -2.01.